The van der Waals surface area contributed by atoms with Crippen LogP contribution in [-0.4, -0.2) is 61.1 Å². The summed E-state index contributed by atoms with van der Waals surface area (Å²) >= 11 is 0. The molecule has 1 aromatic rings. The van der Waals surface area contributed by atoms with E-state index in [1.165, 1.54) is 4.90 Å². The van der Waals surface area contributed by atoms with Gasteiger partial charge < -0.3 is 10.1 Å². The first-order valence-corrected chi connectivity index (χ1v) is 7.70. The van der Waals surface area contributed by atoms with Crippen LogP contribution >= 0.6 is 0 Å². The summed E-state index contributed by atoms with van der Waals surface area (Å²) in [6.07, 6.45) is 0.318. The van der Waals surface area contributed by atoms with E-state index in [0.29, 0.717) is 19.5 Å². The summed E-state index contributed by atoms with van der Waals surface area (Å²) in [5, 5.41) is 2.92. The maximum atomic E-state index is 12.3. The Morgan fingerprint density at radius 2 is 1.82 bits per heavy atom. The molecule has 0 saturated carbocycles. The number of hydrogen-bond donors (Lipinski definition) is 1. The molecule has 1 atom stereocenters. The van der Waals surface area contributed by atoms with Crippen molar-refractivity contribution < 1.29 is 14.3 Å². The number of morpholine rings is 1. The van der Waals surface area contributed by atoms with Crippen LogP contribution in [0, 0.1) is 0 Å². The first-order valence-electron chi connectivity index (χ1n) is 7.70. The van der Waals surface area contributed by atoms with Crippen LogP contribution in [0.25, 0.3) is 0 Å². The molecular weight excluding hydrogens is 282 g/mol. The minimum absolute atomic E-state index is 0.106. The molecule has 0 spiro atoms. The molecule has 0 aliphatic carbocycles. The van der Waals surface area contributed by atoms with E-state index in [4.69, 9.17) is 4.74 Å². The van der Waals surface area contributed by atoms with E-state index in [0.717, 1.165) is 31.9 Å². The predicted molar refractivity (Wildman–Crippen MR) is 81.3 cm³/mol. The molecule has 2 fully saturated rings. The van der Waals surface area contributed by atoms with Crippen molar-refractivity contribution in [3.05, 3.63) is 35.9 Å². The molecule has 6 nitrogen and oxygen atoms in total. The number of nitrogens with zero attached hydrogens (tertiary/aromatic N) is 2. The molecule has 118 valence electrons. The predicted octanol–water partition coefficient (Wildman–Crippen LogP) is 1.00. The second-order valence-corrected chi connectivity index (χ2v) is 5.62. The number of urea groups is 1. The molecule has 0 aromatic heterocycles. The Kier molecular flexibility index (Phi) is 4.70. The van der Waals surface area contributed by atoms with Gasteiger partial charge in [0.05, 0.1) is 25.7 Å². The van der Waals surface area contributed by atoms with Crippen LogP contribution in [0.2, 0.25) is 0 Å². The average Bonchev–Trinajstić information content (AvgIpc) is 2.56. The van der Waals surface area contributed by atoms with Gasteiger partial charge in [0, 0.05) is 26.2 Å². The Morgan fingerprint density at radius 3 is 2.50 bits per heavy atom. The lowest BCUT2D eigenvalue weighted by Gasteiger charge is -2.34. The number of carbonyl (C=O) groups excluding carboxylic acids is 2. The van der Waals surface area contributed by atoms with Gasteiger partial charge in [0.25, 0.3) is 0 Å². The minimum Gasteiger partial charge on any atom is -0.379 e. The van der Waals surface area contributed by atoms with Crippen LogP contribution in [0.4, 0.5) is 4.79 Å². The molecule has 2 aliphatic heterocycles. The molecule has 2 heterocycles. The summed E-state index contributed by atoms with van der Waals surface area (Å²) in [7, 11) is 0. The van der Waals surface area contributed by atoms with Gasteiger partial charge in [-0.3, -0.25) is 14.6 Å². The number of ether oxygens (including phenoxy) is 1. The van der Waals surface area contributed by atoms with Gasteiger partial charge in [-0.25, -0.2) is 4.79 Å². The zero-order valence-corrected chi connectivity index (χ0v) is 12.5. The molecule has 22 heavy (non-hydrogen) atoms. The topological polar surface area (TPSA) is 61.9 Å². The van der Waals surface area contributed by atoms with Gasteiger partial charge in [-0.2, -0.15) is 0 Å². The SMILES string of the molecule is O=C1CC(c2ccccc2)NC(=O)N1CCN1CCOCC1. The third-order valence-corrected chi connectivity index (χ3v) is 4.17. The van der Waals surface area contributed by atoms with Crippen molar-refractivity contribution in [3.8, 4) is 0 Å². The van der Waals surface area contributed by atoms with Crippen LogP contribution in [0.5, 0.6) is 0 Å². The zero-order chi connectivity index (χ0) is 15.4. The Bertz CT molecular complexity index is 511. The number of amides is 3. The van der Waals surface area contributed by atoms with E-state index in [9.17, 15) is 9.59 Å². The smallest absolute Gasteiger partial charge is 0.324 e. The summed E-state index contributed by atoms with van der Waals surface area (Å²) in [6.45, 7) is 4.30. The van der Waals surface area contributed by atoms with Gasteiger partial charge in [-0.05, 0) is 5.56 Å². The van der Waals surface area contributed by atoms with Crippen molar-refractivity contribution in [3.63, 3.8) is 0 Å². The molecule has 0 radical (unpaired) electrons. The van der Waals surface area contributed by atoms with E-state index in [1.54, 1.807) is 0 Å². The molecule has 2 saturated heterocycles. The van der Waals surface area contributed by atoms with Crippen LogP contribution in [0.15, 0.2) is 30.3 Å². The number of rotatable bonds is 4. The normalized spacial score (nSPS) is 23.5. The largest absolute Gasteiger partial charge is 0.379 e. The van der Waals surface area contributed by atoms with Crippen molar-refractivity contribution in [2.75, 3.05) is 39.4 Å². The maximum Gasteiger partial charge on any atom is 0.324 e. The number of hydrogen-bond acceptors (Lipinski definition) is 4. The van der Waals surface area contributed by atoms with Crippen LogP contribution < -0.4 is 5.32 Å². The third-order valence-electron chi connectivity index (χ3n) is 4.17. The highest BCUT2D eigenvalue weighted by Gasteiger charge is 2.32. The van der Waals surface area contributed by atoms with Gasteiger partial charge in [0.1, 0.15) is 0 Å². The standard InChI is InChI=1S/C16H21N3O3/c20-15-12-14(13-4-2-1-3-5-13)17-16(21)19(15)7-6-18-8-10-22-11-9-18/h1-5,14H,6-12H2,(H,17,21). The van der Waals surface area contributed by atoms with Gasteiger partial charge in [-0.1, -0.05) is 30.3 Å². The fraction of sp³-hybridized carbons (Fsp3) is 0.500. The van der Waals surface area contributed by atoms with Gasteiger partial charge >= 0.3 is 6.03 Å². The van der Waals surface area contributed by atoms with Crippen LogP contribution in [-0.2, 0) is 9.53 Å². The lowest BCUT2D eigenvalue weighted by molar-refractivity contribution is -0.130. The number of imide groups is 1. The van der Waals surface area contributed by atoms with Crippen LogP contribution in [0.3, 0.4) is 0 Å². The van der Waals surface area contributed by atoms with Crippen molar-refractivity contribution >= 4 is 11.9 Å². The molecule has 3 rings (SSSR count). The molecule has 1 aromatic carbocycles. The average molecular weight is 303 g/mol. The second kappa shape index (κ2) is 6.89. The van der Waals surface area contributed by atoms with E-state index in [-0.39, 0.29) is 18.0 Å². The summed E-state index contributed by atoms with van der Waals surface area (Å²) in [4.78, 5) is 28.0. The maximum absolute atomic E-state index is 12.3. The molecule has 0 bridgehead atoms. The van der Waals surface area contributed by atoms with E-state index < -0.39 is 0 Å². The number of nitrogens with one attached hydrogen (secondary N) is 1. The molecule has 1 unspecified atom stereocenters. The lowest BCUT2D eigenvalue weighted by Crippen LogP contribution is -2.53. The zero-order valence-electron chi connectivity index (χ0n) is 12.5. The van der Waals surface area contributed by atoms with Gasteiger partial charge in [0.15, 0.2) is 0 Å². The first-order chi connectivity index (χ1) is 10.7. The van der Waals surface area contributed by atoms with Gasteiger partial charge in [-0.15, -0.1) is 0 Å². The van der Waals surface area contributed by atoms with Crippen molar-refractivity contribution in [2.45, 2.75) is 12.5 Å². The Hall–Kier alpha value is -1.92. The Labute approximate surface area is 130 Å². The van der Waals surface area contributed by atoms with Crippen molar-refractivity contribution in [1.29, 1.82) is 0 Å². The fourth-order valence-corrected chi connectivity index (χ4v) is 2.86. The second-order valence-electron chi connectivity index (χ2n) is 5.62. The van der Waals surface area contributed by atoms with E-state index in [2.05, 4.69) is 10.2 Å². The highest BCUT2D eigenvalue weighted by Crippen LogP contribution is 2.21. The number of carbonyl (C=O) groups is 2. The molecule has 3 amide bonds. The summed E-state index contributed by atoms with van der Waals surface area (Å²) < 4.78 is 5.30. The Balaban J connectivity index is 1.56. The van der Waals surface area contributed by atoms with Crippen molar-refractivity contribution in [1.82, 2.24) is 15.1 Å². The molecular formula is C16H21N3O3. The highest BCUT2D eigenvalue weighted by atomic mass is 16.5. The third kappa shape index (κ3) is 3.45. The molecule has 1 N–H and O–H groups in total. The van der Waals surface area contributed by atoms with Crippen molar-refractivity contribution in [2.24, 2.45) is 0 Å². The summed E-state index contributed by atoms with van der Waals surface area (Å²) in [5.74, 6) is -0.106. The summed E-state index contributed by atoms with van der Waals surface area (Å²) in [6, 6.07) is 9.10. The van der Waals surface area contributed by atoms with Crippen LogP contribution in [0.1, 0.15) is 18.0 Å². The molecule has 6 heteroatoms. The van der Waals surface area contributed by atoms with E-state index in [1.807, 2.05) is 30.3 Å². The Morgan fingerprint density at radius 1 is 1.09 bits per heavy atom. The highest BCUT2D eigenvalue weighted by molar-refractivity contribution is 5.97. The fourth-order valence-electron chi connectivity index (χ4n) is 2.86. The molecule has 2 aliphatic rings. The first kappa shape index (κ1) is 15.0. The number of benzene rings is 1. The van der Waals surface area contributed by atoms with E-state index >= 15 is 0 Å². The quantitative estimate of drug-likeness (QED) is 0.901. The monoisotopic (exact) mass is 303 g/mol. The summed E-state index contributed by atoms with van der Waals surface area (Å²) in [5.41, 5.74) is 0.969. The minimum atomic E-state index is -0.293. The lowest BCUT2D eigenvalue weighted by atomic mass is 10.0. The van der Waals surface area contributed by atoms with Gasteiger partial charge in [0.2, 0.25) is 5.91 Å².